The molecule has 1 aromatic carbocycles. The van der Waals surface area contributed by atoms with Gasteiger partial charge < -0.3 is 16.0 Å². The Balaban J connectivity index is 2.36. The minimum atomic E-state index is -0.0273. The number of hydrogen-bond donors (Lipinski definition) is 2. The second-order valence-electron chi connectivity index (χ2n) is 5.50. The number of rotatable bonds is 8. The fraction of sp³-hybridized carbons (Fsp3) is 0.562. The third-order valence-electron chi connectivity index (χ3n) is 3.66. The van der Waals surface area contributed by atoms with Gasteiger partial charge in [-0.1, -0.05) is 24.9 Å². The van der Waals surface area contributed by atoms with Crippen molar-refractivity contribution in [2.45, 2.75) is 45.6 Å². The molecule has 1 aromatic rings. The van der Waals surface area contributed by atoms with E-state index in [9.17, 15) is 4.79 Å². The summed E-state index contributed by atoms with van der Waals surface area (Å²) in [6, 6.07) is 5.63. The van der Waals surface area contributed by atoms with Crippen molar-refractivity contribution < 1.29 is 4.79 Å². The highest BCUT2D eigenvalue weighted by Crippen LogP contribution is 2.23. The molecule has 0 aliphatic rings. The second kappa shape index (κ2) is 8.90. The Morgan fingerprint density at radius 1 is 1.48 bits per heavy atom. The first-order valence-corrected chi connectivity index (χ1v) is 7.87. The Labute approximate surface area is 132 Å². The van der Waals surface area contributed by atoms with E-state index in [1.165, 1.54) is 12.8 Å². The second-order valence-corrected chi connectivity index (χ2v) is 5.94. The third kappa shape index (κ3) is 6.36. The number of nitrogens with zero attached hydrogens (tertiary/aromatic N) is 1. The molecule has 118 valence electrons. The van der Waals surface area contributed by atoms with Gasteiger partial charge in [0.25, 0.3) is 0 Å². The highest BCUT2D eigenvalue weighted by atomic mass is 35.5. The highest BCUT2D eigenvalue weighted by Gasteiger charge is 2.10. The van der Waals surface area contributed by atoms with Crippen LogP contribution in [-0.2, 0) is 4.79 Å². The third-order valence-corrected chi connectivity index (χ3v) is 3.90. The van der Waals surface area contributed by atoms with Crippen molar-refractivity contribution in [2.75, 3.05) is 24.6 Å². The van der Waals surface area contributed by atoms with E-state index in [1.54, 1.807) is 18.2 Å². The lowest BCUT2D eigenvalue weighted by Crippen LogP contribution is -2.30. The Hall–Kier alpha value is -1.26. The maximum absolute atomic E-state index is 11.9. The van der Waals surface area contributed by atoms with E-state index in [0.29, 0.717) is 28.9 Å². The lowest BCUT2D eigenvalue weighted by atomic mass is 10.1. The van der Waals surface area contributed by atoms with E-state index in [-0.39, 0.29) is 5.91 Å². The molecule has 1 atom stereocenters. The Kier molecular flexibility index (Phi) is 7.54. The van der Waals surface area contributed by atoms with E-state index in [4.69, 9.17) is 17.3 Å². The lowest BCUT2D eigenvalue weighted by Gasteiger charge is -2.24. The van der Waals surface area contributed by atoms with Crippen LogP contribution < -0.4 is 11.1 Å². The first-order valence-electron chi connectivity index (χ1n) is 7.49. The molecule has 21 heavy (non-hydrogen) atoms. The Morgan fingerprint density at radius 3 is 2.86 bits per heavy atom. The first kappa shape index (κ1) is 17.8. The van der Waals surface area contributed by atoms with E-state index in [2.05, 4.69) is 31.1 Å². The van der Waals surface area contributed by atoms with Gasteiger partial charge in [-0.15, -0.1) is 0 Å². The van der Waals surface area contributed by atoms with Gasteiger partial charge in [-0.05, 0) is 51.6 Å². The Bertz CT molecular complexity index is 465. The molecule has 3 N–H and O–H groups in total. The molecule has 0 heterocycles. The fourth-order valence-electron chi connectivity index (χ4n) is 2.20. The average Bonchev–Trinajstić information content (AvgIpc) is 2.43. The zero-order valence-corrected chi connectivity index (χ0v) is 13.9. The number of nitrogen functional groups attached to an aromatic ring is 1. The van der Waals surface area contributed by atoms with Gasteiger partial charge in [-0.25, -0.2) is 0 Å². The molecule has 0 aliphatic carbocycles. The van der Waals surface area contributed by atoms with Gasteiger partial charge in [-0.2, -0.15) is 0 Å². The summed E-state index contributed by atoms with van der Waals surface area (Å²) >= 11 is 5.90. The van der Waals surface area contributed by atoms with Crippen molar-refractivity contribution in [2.24, 2.45) is 0 Å². The number of carbonyl (C=O) groups excluding carboxylic acids is 1. The van der Waals surface area contributed by atoms with Gasteiger partial charge in [0, 0.05) is 17.5 Å². The smallest absolute Gasteiger partial charge is 0.224 e. The molecule has 0 saturated heterocycles. The number of nitrogens with two attached hydrogens (primary N) is 1. The van der Waals surface area contributed by atoms with Crippen molar-refractivity contribution in [1.29, 1.82) is 0 Å². The summed E-state index contributed by atoms with van der Waals surface area (Å²) in [6.45, 7) is 5.32. The molecular formula is C16H26ClN3O. The highest BCUT2D eigenvalue weighted by molar-refractivity contribution is 6.31. The number of hydrogen-bond acceptors (Lipinski definition) is 3. The molecule has 5 heteroatoms. The van der Waals surface area contributed by atoms with Crippen LogP contribution in [0, 0.1) is 0 Å². The van der Waals surface area contributed by atoms with Crippen LogP contribution in [-0.4, -0.2) is 30.4 Å². The van der Waals surface area contributed by atoms with Crippen LogP contribution in [0.4, 0.5) is 11.4 Å². The molecule has 1 amide bonds. The van der Waals surface area contributed by atoms with Crippen LogP contribution in [0.1, 0.15) is 39.5 Å². The predicted molar refractivity (Wildman–Crippen MR) is 90.7 cm³/mol. The summed E-state index contributed by atoms with van der Waals surface area (Å²) < 4.78 is 0. The van der Waals surface area contributed by atoms with E-state index in [0.717, 1.165) is 13.0 Å². The van der Waals surface area contributed by atoms with E-state index in [1.807, 2.05) is 0 Å². The summed E-state index contributed by atoms with van der Waals surface area (Å²) in [5, 5.41) is 3.37. The summed E-state index contributed by atoms with van der Waals surface area (Å²) in [5.41, 5.74) is 6.92. The maximum Gasteiger partial charge on any atom is 0.224 e. The summed E-state index contributed by atoms with van der Waals surface area (Å²) in [7, 11) is 2.10. The molecule has 0 bridgehead atoms. The van der Waals surface area contributed by atoms with Gasteiger partial charge in [0.05, 0.1) is 11.4 Å². The minimum absolute atomic E-state index is 0.0273. The van der Waals surface area contributed by atoms with Crippen LogP contribution in [0.5, 0.6) is 0 Å². The number of halogens is 1. The normalized spacial score (nSPS) is 12.4. The molecule has 0 spiro atoms. The molecule has 0 fully saturated rings. The van der Waals surface area contributed by atoms with Crippen molar-refractivity contribution in [3.8, 4) is 0 Å². The zero-order chi connectivity index (χ0) is 15.8. The molecule has 4 nitrogen and oxygen atoms in total. The summed E-state index contributed by atoms with van der Waals surface area (Å²) in [5.74, 6) is -0.0273. The van der Waals surface area contributed by atoms with Crippen molar-refractivity contribution in [1.82, 2.24) is 4.90 Å². The molecule has 1 rings (SSSR count). The van der Waals surface area contributed by atoms with Gasteiger partial charge in [0.1, 0.15) is 0 Å². The standard InChI is InChI=1S/C16H26ClN3O/c1-4-6-12(2)20(3)10-5-7-16(21)19-15-11-13(17)8-9-14(15)18/h8-9,11-12H,4-7,10,18H2,1-3H3,(H,19,21). The number of anilines is 2. The average molecular weight is 312 g/mol. The molecule has 0 radical (unpaired) electrons. The van der Waals surface area contributed by atoms with Gasteiger partial charge in [-0.3, -0.25) is 4.79 Å². The largest absolute Gasteiger partial charge is 0.397 e. The lowest BCUT2D eigenvalue weighted by molar-refractivity contribution is -0.116. The SMILES string of the molecule is CCCC(C)N(C)CCCC(=O)Nc1cc(Cl)ccc1N. The molecule has 1 unspecified atom stereocenters. The minimum Gasteiger partial charge on any atom is -0.397 e. The zero-order valence-electron chi connectivity index (χ0n) is 13.2. The van der Waals surface area contributed by atoms with Crippen LogP contribution >= 0.6 is 11.6 Å². The van der Waals surface area contributed by atoms with Crippen molar-refractivity contribution in [3.63, 3.8) is 0 Å². The number of benzene rings is 1. The van der Waals surface area contributed by atoms with Crippen LogP contribution in [0.2, 0.25) is 5.02 Å². The topological polar surface area (TPSA) is 58.4 Å². The van der Waals surface area contributed by atoms with Crippen molar-refractivity contribution >= 4 is 28.9 Å². The van der Waals surface area contributed by atoms with E-state index >= 15 is 0 Å². The summed E-state index contributed by atoms with van der Waals surface area (Å²) in [4.78, 5) is 14.2. The van der Waals surface area contributed by atoms with Crippen LogP contribution in [0.15, 0.2) is 18.2 Å². The van der Waals surface area contributed by atoms with E-state index < -0.39 is 0 Å². The maximum atomic E-state index is 11.9. The molecule has 0 saturated carbocycles. The molecule has 0 aromatic heterocycles. The van der Waals surface area contributed by atoms with Crippen LogP contribution in [0.3, 0.4) is 0 Å². The van der Waals surface area contributed by atoms with Crippen LogP contribution in [0.25, 0.3) is 0 Å². The number of amides is 1. The Morgan fingerprint density at radius 2 is 2.19 bits per heavy atom. The van der Waals surface area contributed by atoms with Gasteiger partial charge in [0.2, 0.25) is 5.91 Å². The fourth-order valence-corrected chi connectivity index (χ4v) is 2.37. The number of nitrogens with one attached hydrogen (secondary N) is 1. The van der Waals surface area contributed by atoms with Gasteiger partial charge in [0.15, 0.2) is 0 Å². The monoisotopic (exact) mass is 311 g/mol. The predicted octanol–water partition coefficient (Wildman–Crippen LogP) is 3.76. The van der Waals surface area contributed by atoms with Crippen molar-refractivity contribution in [3.05, 3.63) is 23.2 Å². The number of carbonyl (C=O) groups is 1. The summed E-state index contributed by atoms with van der Waals surface area (Å²) in [6.07, 6.45) is 3.67. The first-order chi connectivity index (χ1) is 9.93. The molecular weight excluding hydrogens is 286 g/mol. The molecule has 0 aliphatic heterocycles. The quantitative estimate of drug-likeness (QED) is 0.719. The van der Waals surface area contributed by atoms with Gasteiger partial charge >= 0.3 is 0 Å².